The summed E-state index contributed by atoms with van der Waals surface area (Å²) >= 11 is 1.70. The van der Waals surface area contributed by atoms with Gasteiger partial charge in [0.15, 0.2) is 0 Å². The Morgan fingerprint density at radius 2 is 1.93 bits per heavy atom. The van der Waals surface area contributed by atoms with Crippen molar-refractivity contribution in [3.05, 3.63) is 50.2 Å². The monoisotopic (exact) mass is 409 g/mol. The predicted octanol–water partition coefficient (Wildman–Crippen LogP) is 2.24. The summed E-state index contributed by atoms with van der Waals surface area (Å²) in [5, 5.41) is 13.7. The minimum Gasteiger partial charge on any atom is -0.379 e. The number of anilines is 1. The molecule has 0 atom stereocenters. The number of fused-ring (bicyclic) bond motifs is 1. The first-order valence-corrected chi connectivity index (χ1v) is 11.0. The van der Waals surface area contributed by atoms with Crippen LogP contribution in [-0.4, -0.2) is 50.5 Å². The van der Waals surface area contributed by atoms with Crippen LogP contribution in [-0.2, 0) is 27.7 Å². The number of rotatable bonds is 4. The second kappa shape index (κ2) is 7.19. The molecule has 1 aromatic heterocycles. The number of sulfonamides is 1. The van der Waals surface area contributed by atoms with Crippen LogP contribution in [0.1, 0.15) is 10.4 Å². The van der Waals surface area contributed by atoms with Gasteiger partial charge in [-0.15, -0.1) is 11.3 Å². The first kappa shape index (κ1) is 18.4. The maximum Gasteiger partial charge on any atom is 0.293 e. The van der Waals surface area contributed by atoms with Gasteiger partial charge in [0, 0.05) is 37.1 Å². The van der Waals surface area contributed by atoms with E-state index in [9.17, 15) is 18.5 Å². The summed E-state index contributed by atoms with van der Waals surface area (Å²) in [4.78, 5) is 14.4. The summed E-state index contributed by atoms with van der Waals surface area (Å²) in [6, 6.07) is 6.25. The first-order valence-electron chi connectivity index (χ1n) is 8.63. The largest absolute Gasteiger partial charge is 0.379 e. The Labute approximate surface area is 161 Å². The van der Waals surface area contributed by atoms with Crippen molar-refractivity contribution in [2.45, 2.75) is 17.9 Å². The van der Waals surface area contributed by atoms with Crippen molar-refractivity contribution >= 4 is 32.7 Å². The molecule has 144 valence electrons. The minimum atomic E-state index is -3.77. The minimum absolute atomic E-state index is 0.0481. The van der Waals surface area contributed by atoms with Crippen molar-refractivity contribution in [2.24, 2.45) is 0 Å². The topological polar surface area (TPSA) is 93.0 Å². The van der Waals surface area contributed by atoms with Gasteiger partial charge in [-0.05, 0) is 35.6 Å². The van der Waals surface area contributed by atoms with Crippen molar-refractivity contribution in [2.75, 3.05) is 37.7 Å². The number of nitro benzene ring substituents is 1. The fraction of sp³-hybridized carbons (Fsp3) is 0.412. The molecule has 10 heteroatoms. The molecule has 4 rings (SSSR count). The molecule has 1 fully saturated rings. The van der Waals surface area contributed by atoms with E-state index in [2.05, 4.69) is 0 Å². The number of benzene rings is 1. The summed E-state index contributed by atoms with van der Waals surface area (Å²) in [6.45, 7) is 2.43. The van der Waals surface area contributed by atoms with Crippen LogP contribution < -0.4 is 4.90 Å². The van der Waals surface area contributed by atoms with Crippen LogP contribution in [0, 0.1) is 10.1 Å². The van der Waals surface area contributed by atoms with Gasteiger partial charge in [0.1, 0.15) is 5.69 Å². The molecule has 2 aliphatic heterocycles. The predicted molar refractivity (Wildman–Crippen MR) is 102 cm³/mol. The highest BCUT2D eigenvalue weighted by atomic mass is 32.2. The zero-order chi connectivity index (χ0) is 19.0. The van der Waals surface area contributed by atoms with E-state index in [1.807, 2.05) is 16.3 Å². The van der Waals surface area contributed by atoms with Gasteiger partial charge in [-0.25, -0.2) is 8.42 Å². The van der Waals surface area contributed by atoms with Crippen molar-refractivity contribution in [1.29, 1.82) is 0 Å². The molecule has 0 saturated carbocycles. The SMILES string of the molecule is O=[N+]([O-])c1cc(S(=O)(=O)N2CCOCC2)ccc1N1CCc2sccc2C1. The number of nitro groups is 1. The summed E-state index contributed by atoms with van der Waals surface area (Å²) in [5.41, 5.74) is 1.45. The van der Waals surface area contributed by atoms with Gasteiger partial charge in [-0.3, -0.25) is 10.1 Å². The summed E-state index contributed by atoms with van der Waals surface area (Å²) in [5.74, 6) is 0. The molecule has 2 aliphatic rings. The first-order chi connectivity index (χ1) is 13.0. The van der Waals surface area contributed by atoms with Gasteiger partial charge < -0.3 is 9.64 Å². The molecule has 0 unspecified atom stereocenters. The lowest BCUT2D eigenvalue weighted by atomic mass is 10.1. The van der Waals surface area contributed by atoms with Gasteiger partial charge in [-0.1, -0.05) is 0 Å². The number of morpholine rings is 1. The molecule has 8 nitrogen and oxygen atoms in total. The van der Waals surface area contributed by atoms with E-state index in [1.165, 1.54) is 26.9 Å². The standard InChI is InChI=1S/C17H19N3O5S2/c21-20(22)16-11-14(27(23,24)19-6-8-25-9-7-19)1-2-15(16)18-5-3-17-13(12-18)4-10-26-17/h1-2,4,10-11H,3,5-9,12H2. The molecule has 3 heterocycles. The van der Waals surface area contributed by atoms with Gasteiger partial charge in [0.2, 0.25) is 10.0 Å². The average molecular weight is 409 g/mol. The van der Waals surface area contributed by atoms with Gasteiger partial charge >= 0.3 is 0 Å². The van der Waals surface area contributed by atoms with Crippen molar-refractivity contribution in [3.63, 3.8) is 0 Å². The fourth-order valence-corrected chi connectivity index (χ4v) is 5.79. The smallest absolute Gasteiger partial charge is 0.293 e. The van der Waals surface area contributed by atoms with Gasteiger partial charge in [0.05, 0.1) is 23.0 Å². The maximum atomic E-state index is 12.8. The highest BCUT2D eigenvalue weighted by Crippen LogP contribution is 2.35. The van der Waals surface area contributed by atoms with Crippen molar-refractivity contribution in [3.8, 4) is 0 Å². The maximum absolute atomic E-state index is 12.8. The fourth-order valence-electron chi connectivity index (χ4n) is 3.47. The van der Waals surface area contributed by atoms with Crippen LogP contribution >= 0.6 is 11.3 Å². The second-order valence-corrected chi connectivity index (χ2v) is 9.40. The zero-order valence-corrected chi connectivity index (χ0v) is 16.2. The molecule has 0 radical (unpaired) electrons. The van der Waals surface area contributed by atoms with E-state index in [4.69, 9.17) is 4.74 Å². The third kappa shape index (κ3) is 3.45. The number of nitrogens with zero attached hydrogens (tertiary/aromatic N) is 3. The van der Waals surface area contributed by atoms with E-state index in [0.29, 0.717) is 32.0 Å². The number of hydrogen-bond donors (Lipinski definition) is 0. The molecule has 27 heavy (non-hydrogen) atoms. The van der Waals surface area contributed by atoms with Crippen LogP contribution in [0.2, 0.25) is 0 Å². The van der Waals surface area contributed by atoms with E-state index in [-0.39, 0.29) is 23.7 Å². The van der Waals surface area contributed by atoms with Crippen LogP contribution in [0.4, 0.5) is 11.4 Å². The van der Waals surface area contributed by atoms with E-state index >= 15 is 0 Å². The lowest BCUT2D eigenvalue weighted by Gasteiger charge is -2.29. The molecule has 0 bridgehead atoms. The number of ether oxygens (including phenoxy) is 1. The Kier molecular flexibility index (Phi) is 4.89. The number of hydrogen-bond acceptors (Lipinski definition) is 7. The molecule has 1 saturated heterocycles. The van der Waals surface area contributed by atoms with E-state index in [1.54, 1.807) is 17.4 Å². The Morgan fingerprint density at radius 1 is 1.15 bits per heavy atom. The summed E-state index contributed by atoms with van der Waals surface area (Å²) in [6.07, 6.45) is 0.831. The van der Waals surface area contributed by atoms with Crippen LogP contribution in [0.15, 0.2) is 34.5 Å². The Hall–Kier alpha value is -2.01. The summed E-state index contributed by atoms with van der Waals surface area (Å²) < 4.78 is 32.1. The van der Waals surface area contributed by atoms with Crippen molar-refractivity contribution in [1.82, 2.24) is 4.31 Å². The molecular formula is C17H19N3O5S2. The lowest BCUT2D eigenvalue weighted by molar-refractivity contribution is -0.384. The normalized spacial score (nSPS) is 18.3. The molecule has 0 N–H and O–H groups in total. The summed E-state index contributed by atoms with van der Waals surface area (Å²) in [7, 11) is -3.77. The van der Waals surface area contributed by atoms with Crippen molar-refractivity contribution < 1.29 is 18.1 Å². The molecule has 0 aliphatic carbocycles. The third-order valence-corrected chi connectivity index (χ3v) is 7.82. The second-order valence-electron chi connectivity index (χ2n) is 6.46. The zero-order valence-electron chi connectivity index (χ0n) is 14.5. The highest BCUT2D eigenvalue weighted by Gasteiger charge is 2.30. The Balaban J connectivity index is 1.68. The number of thiophene rings is 1. The van der Waals surface area contributed by atoms with Gasteiger partial charge in [0.25, 0.3) is 5.69 Å². The molecule has 2 aromatic rings. The molecule has 0 spiro atoms. The Morgan fingerprint density at radius 3 is 2.67 bits per heavy atom. The highest BCUT2D eigenvalue weighted by molar-refractivity contribution is 7.89. The Bertz CT molecular complexity index is 967. The van der Waals surface area contributed by atoms with Crippen LogP contribution in [0.3, 0.4) is 0 Å². The van der Waals surface area contributed by atoms with Crippen LogP contribution in [0.25, 0.3) is 0 Å². The molecule has 1 aromatic carbocycles. The average Bonchev–Trinajstić information content (AvgIpc) is 3.16. The molecule has 0 amide bonds. The quantitative estimate of drug-likeness (QED) is 0.568. The molecular weight excluding hydrogens is 390 g/mol. The van der Waals surface area contributed by atoms with Gasteiger partial charge in [-0.2, -0.15) is 4.31 Å². The third-order valence-electron chi connectivity index (χ3n) is 4.90. The van der Waals surface area contributed by atoms with Crippen LogP contribution in [0.5, 0.6) is 0 Å². The van der Waals surface area contributed by atoms with E-state index < -0.39 is 14.9 Å². The van der Waals surface area contributed by atoms with E-state index in [0.717, 1.165) is 6.42 Å². The lowest BCUT2D eigenvalue weighted by Crippen LogP contribution is -2.40.